The van der Waals surface area contributed by atoms with E-state index in [1.165, 1.54) is 11.1 Å². The highest BCUT2D eigenvalue weighted by molar-refractivity contribution is 8.93. The van der Waals surface area contributed by atoms with Gasteiger partial charge in [0.25, 0.3) is 0 Å². The summed E-state index contributed by atoms with van der Waals surface area (Å²) < 4.78 is 3.88. The molecule has 4 aromatic rings. The van der Waals surface area contributed by atoms with E-state index >= 15 is 0 Å². The van der Waals surface area contributed by atoms with Gasteiger partial charge in [0.1, 0.15) is 0 Å². The van der Waals surface area contributed by atoms with Crippen LogP contribution in [-0.2, 0) is 6.42 Å². The Kier molecular flexibility index (Phi) is 7.13. The maximum atomic E-state index is 10.2. The molecule has 4 rings (SSSR count). The lowest BCUT2D eigenvalue weighted by Gasteiger charge is -2.18. The lowest BCUT2D eigenvalue weighted by Crippen LogP contribution is -2.32. The molecular weight excluding hydrogens is 452 g/mol. The quantitative estimate of drug-likeness (QED) is 0.412. The standard InChI is InChI=1S/C25H28N4O.BrH/c1-17-6-10-20(11-7-17)15-22(16-30)29-24-23(5-4-14-27-24)28(25(29)26)19(3)21-12-8-18(2)9-13-21;/h4-14,19,22,26,30H,15-16H2,1-3H3;1H. The average Bonchev–Trinajstić information content (AvgIpc) is 3.05. The molecule has 0 radical (unpaired) electrons. The van der Waals surface area contributed by atoms with Crippen molar-refractivity contribution >= 4 is 28.1 Å². The average molecular weight is 481 g/mol. The van der Waals surface area contributed by atoms with Gasteiger partial charge in [-0.15, -0.1) is 17.0 Å². The van der Waals surface area contributed by atoms with Gasteiger partial charge in [-0.05, 0) is 50.5 Å². The lowest BCUT2D eigenvalue weighted by atomic mass is 10.0. The Hall–Kier alpha value is -2.70. The predicted molar refractivity (Wildman–Crippen MR) is 130 cm³/mol. The molecule has 0 fully saturated rings. The van der Waals surface area contributed by atoms with Crippen LogP contribution in [0.25, 0.3) is 11.2 Å². The monoisotopic (exact) mass is 480 g/mol. The van der Waals surface area contributed by atoms with Gasteiger partial charge in [0.05, 0.1) is 24.2 Å². The van der Waals surface area contributed by atoms with Gasteiger partial charge in [-0.1, -0.05) is 59.7 Å². The van der Waals surface area contributed by atoms with E-state index in [1.54, 1.807) is 6.20 Å². The number of nitrogens with zero attached hydrogens (tertiary/aromatic N) is 3. The van der Waals surface area contributed by atoms with Crippen molar-refractivity contribution in [1.82, 2.24) is 14.1 Å². The SMILES string of the molecule is Br.Cc1ccc(CC(CO)n2c(=N)n(C(C)c3ccc(C)cc3)c3cccnc32)cc1. The van der Waals surface area contributed by atoms with Crippen LogP contribution in [0, 0.1) is 19.3 Å². The van der Waals surface area contributed by atoms with Crippen LogP contribution in [-0.4, -0.2) is 25.8 Å². The minimum absolute atomic E-state index is 0. The summed E-state index contributed by atoms with van der Waals surface area (Å²) in [6.07, 6.45) is 2.39. The van der Waals surface area contributed by atoms with Gasteiger partial charge in [-0.3, -0.25) is 9.98 Å². The predicted octanol–water partition coefficient (Wildman–Crippen LogP) is 4.90. The minimum Gasteiger partial charge on any atom is -0.394 e. The van der Waals surface area contributed by atoms with Crippen LogP contribution in [0.3, 0.4) is 0 Å². The molecule has 6 heteroatoms. The van der Waals surface area contributed by atoms with Crippen molar-refractivity contribution in [3.8, 4) is 0 Å². The fourth-order valence-corrected chi connectivity index (χ4v) is 4.06. The molecule has 0 saturated carbocycles. The summed E-state index contributed by atoms with van der Waals surface area (Å²) in [6, 6.07) is 20.4. The third-order valence-electron chi connectivity index (χ3n) is 5.83. The third kappa shape index (κ3) is 4.50. The number of hydrogen-bond donors (Lipinski definition) is 2. The number of aryl methyl sites for hydroxylation is 2. The van der Waals surface area contributed by atoms with Crippen molar-refractivity contribution < 1.29 is 5.11 Å². The molecule has 2 aromatic heterocycles. The molecule has 2 heterocycles. The first-order valence-electron chi connectivity index (χ1n) is 10.3. The topological polar surface area (TPSA) is 66.8 Å². The smallest absolute Gasteiger partial charge is 0.205 e. The number of aromatic nitrogens is 3. The van der Waals surface area contributed by atoms with Gasteiger partial charge in [-0.25, -0.2) is 4.98 Å². The Morgan fingerprint density at radius 2 is 1.55 bits per heavy atom. The number of aliphatic hydroxyl groups excluding tert-OH is 1. The number of fused-ring (bicyclic) bond motifs is 1. The zero-order valence-electron chi connectivity index (χ0n) is 18.1. The summed E-state index contributed by atoms with van der Waals surface area (Å²) in [4.78, 5) is 4.59. The highest BCUT2D eigenvalue weighted by atomic mass is 79.9. The first kappa shape index (κ1) is 23.0. The lowest BCUT2D eigenvalue weighted by molar-refractivity contribution is 0.224. The molecule has 0 aliphatic carbocycles. The molecule has 2 N–H and O–H groups in total. The van der Waals surface area contributed by atoms with Gasteiger partial charge in [-0.2, -0.15) is 0 Å². The van der Waals surface area contributed by atoms with Crippen LogP contribution in [0.2, 0.25) is 0 Å². The van der Waals surface area contributed by atoms with Crippen molar-refractivity contribution in [2.45, 2.75) is 39.3 Å². The van der Waals surface area contributed by atoms with E-state index in [2.05, 4.69) is 74.3 Å². The highest BCUT2D eigenvalue weighted by Crippen LogP contribution is 2.24. The summed E-state index contributed by atoms with van der Waals surface area (Å²) in [7, 11) is 0. The second kappa shape index (κ2) is 9.62. The van der Waals surface area contributed by atoms with Gasteiger partial charge in [0, 0.05) is 6.20 Å². The molecule has 0 spiro atoms. The van der Waals surface area contributed by atoms with E-state index in [9.17, 15) is 5.11 Å². The van der Waals surface area contributed by atoms with E-state index in [4.69, 9.17) is 5.41 Å². The van der Waals surface area contributed by atoms with E-state index in [-0.39, 0.29) is 35.7 Å². The number of aliphatic hydroxyl groups is 1. The van der Waals surface area contributed by atoms with Crippen LogP contribution in [0.5, 0.6) is 0 Å². The van der Waals surface area contributed by atoms with Crippen LogP contribution in [0.15, 0.2) is 66.9 Å². The molecule has 2 aromatic carbocycles. The Labute approximate surface area is 193 Å². The van der Waals surface area contributed by atoms with E-state index in [0.29, 0.717) is 12.0 Å². The Balaban J connectivity index is 0.00000272. The van der Waals surface area contributed by atoms with Crippen molar-refractivity contribution in [2.75, 3.05) is 6.61 Å². The van der Waals surface area contributed by atoms with Crippen LogP contribution >= 0.6 is 17.0 Å². The molecule has 0 bridgehead atoms. The largest absolute Gasteiger partial charge is 0.394 e. The highest BCUT2D eigenvalue weighted by Gasteiger charge is 2.22. The van der Waals surface area contributed by atoms with Gasteiger partial charge < -0.3 is 9.67 Å². The molecule has 5 nitrogen and oxygen atoms in total. The molecule has 0 amide bonds. The van der Waals surface area contributed by atoms with Crippen LogP contribution < -0.4 is 5.62 Å². The number of hydrogen-bond acceptors (Lipinski definition) is 3. The first-order chi connectivity index (χ1) is 14.5. The molecule has 2 unspecified atom stereocenters. The van der Waals surface area contributed by atoms with Crippen molar-refractivity contribution in [3.63, 3.8) is 0 Å². The summed E-state index contributed by atoms with van der Waals surface area (Å²) in [5.74, 6) is 0. The maximum absolute atomic E-state index is 10.2. The van der Waals surface area contributed by atoms with Crippen LogP contribution in [0.1, 0.15) is 41.3 Å². The molecule has 162 valence electrons. The zero-order chi connectivity index (χ0) is 21.3. The number of halogens is 1. The van der Waals surface area contributed by atoms with Gasteiger partial charge in [0.2, 0.25) is 5.62 Å². The molecule has 0 aliphatic heterocycles. The Bertz CT molecular complexity index is 1210. The summed E-state index contributed by atoms with van der Waals surface area (Å²) in [5.41, 5.74) is 6.67. The molecular formula is C25H29BrN4O. The van der Waals surface area contributed by atoms with Crippen molar-refractivity contribution in [3.05, 3.63) is 94.7 Å². The molecule has 0 aliphatic rings. The fourth-order valence-electron chi connectivity index (χ4n) is 4.06. The summed E-state index contributed by atoms with van der Waals surface area (Å²) >= 11 is 0. The second-order valence-corrected chi connectivity index (χ2v) is 8.02. The van der Waals surface area contributed by atoms with Gasteiger partial charge in [0.15, 0.2) is 5.65 Å². The van der Waals surface area contributed by atoms with Crippen molar-refractivity contribution in [2.24, 2.45) is 0 Å². The number of imidazole rings is 1. The molecule has 2 atom stereocenters. The number of benzene rings is 2. The second-order valence-electron chi connectivity index (χ2n) is 8.02. The fraction of sp³-hybridized carbons (Fsp3) is 0.280. The van der Waals surface area contributed by atoms with Crippen LogP contribution in [0.4, 0.5) is 0 Å². The first-order valence-corrected chi connectivity index (χ1v) is 10.3. The molecule has 0 saturated heterocycles. The Morgan fingerprint density at radius 1 is 0.935 bits per heavy atom. The number of nitrogens with one attached hydrogen (secondary N) is 1. The summed E-state index contributed by atoms with van der Waals surface area (Å²) in [5, 5.41) is 19.2. The molecule has 31 heavy (non-hydrogen) atoms. The number of rotatable bonds is 6. The van der Waals surface area contributed by atoms with Crippen molar-refractivity contribution in [1.29, 1.82) is 5.41 Å². The minimum atomic E-state index is -0.260. The Morgan fingerprint density at radius 3 is 2.16 bits per heavy atom. The number of pyridine rings is 1. The third-order valence-corrected chi connectivity index (χ3v) is 5.83. The van der Waals surface area contributed by atoms with E-state index in [1.807, 2.05) is 21.3 Å². The zero-order valence-corrected chi connectivity index (χ0v) is 19.8. The van der Waals surface area contributed by atoms with E-state index < -0.39 is 0 Å². The maximum Gasteiger partial charge on any atom is 0.205 e. The summed E-state index contributed by atoms with van der Waals surface area (Å²) in [6.45, 7) is 6.19. The normalized spacial score (nSPS) is 13.0. The van der Waals surface area contributed by atoms with E-state index in [0.717, 1.165) is 22.3 Å². The van der Waals surface area contributed by atoms with Gasteiger partial charge >= 0.3 is 0 Å².